The predicted octanol–water partition coefficient (Wildman–Crippen LogP) is 3.38. The highest BCUT2D eigenvalue weighted by molar-refractivity contribution is 7.98. The van der Waals surface area contributed by atoms with Crippen LogP contribution in [0.25, 0.3) is 0 Å². The van der Waals surface area contributed by atoms with Crippen LogP contribution in [-0.4, -0.2) is 31.4 Å². The van der Waals surface area contributed by atoms with Crippen molar-refractivity contribution in [1.29, 1.82) is 0 Å². The van der Waals surface area contributed by atoms with Crippen molar-refractivity contribution in [2.45, 2.75) is 43.7 Å². The summed E-state index contributed by atoms with van der Waals surface area (Å²) in [5, 5.41) is 3.66. The molecule has 1 aliphatic rings. The molecule has 1 aliphatic heterocycles. The summed E-state index contributed by atoms with van der Waals surface area (Å²) in [5.41, 5.74) is 1.36. The molecule has 1 N–H and O–H groups in total. The van der Waals surface area contributed by atoms with Crippen LogP contribution in [0.3, 0.4) is 0 Å². The van der Waals surface area contributed by atoms with E-state index in [0.29, 0.717) is 12.1 Å². The fourth-order valence-corrected chi connectivity index (χ4v) is 3.02. The van der Waals surface area contributed by atoms with E-state index in [4.69, 9.17) is 0 Å². The third-order valence-electron chi connectivity index (χ3n) is 3.43. The monoisotopic (exact) mass is 264 g/mol. The van der Waals surface area contributed by atoms with Gasteiger partial charge in [0.2, 0.25) is 0 Å². The topological polar surface area (TPSA) is 15.3 Å². The van der Waals surface area contributed by atoms with Crippen molar-refractivity contribution >= 4 is 17.4 Å². The smallest absolute Gasteiger partial charge is 0.0367 e. The lowest BCUT2D eigenvalue weighted by Crippen LogP contribution is -2.47. The van der Waals surface area contributed by atoms with Crippen molar-refractivity contribution in [2.24, 2.45) is 0 Å². The molecule has 100 valence electrons. The number of piperidine rings is 1. The van der Waals surface area contributed by atoms with Gasteiger partial charge in [0.25, 0.3) is 0 Å². The van der Waals surface area contributed by atoms with E-state index in [1.807, 2.05) is 0 Å². The van der Waals surface area contributed by atoms with Gasteiger partial charge in [-0.2, -0.15) is 0 Å². The molecule has 1 atom stereocenters. The van der Waals surface area contributed by atoms with Crippen molar-refractivity contribution in [2.75, 3.05) is 24.2 Å². The lowest BCUT2D eigenvalue weighted by atomic mass is 10.0. The summed E-state index contributed by atoms with van der Waals surface area (Å²) in [4.78, 5) is 3.85. The van der Waals surface area contributed by atoms with Gasteiger partial charge in [0.1, 0.15) is 0 Å². The first-order valence-corrected chi connectivity index (χ1v) is 8.06. The molecule has 0 radical (unpaired) electrons. The highest BCUT2D eigenvalue weighted by Crippen LogP contribution is 2.23. The Kier molecular flexibility index (Phi) is 4.95. The molecule has 1 aromatic carbocycles. The molecule has 1 heterocycles. The van der Waals surface area contributed by atoms with Crippen LogP contribution >= 0.6 is 11.8 Å². The average molecular weight is 264 g/mol. The summed E-state index contributed by atoms with van der Waals surface area (Å²) in [6.07, 6.45) is 4.71. The van der Waals surface area contributed by atoms with Crippen LogP contribution in [-0.2, 0) is 0 Å². The molecule has 2 nitrogen and oxygen atoms in total. The summed E-state index contributed by atoms with van der Waals surface area (Å²) in [5.74, 6) is 0. The van der Waals surface area contributed by atoms with Crippen LogP contribution in [0.4, 0.5) is 5.69 Å². The van der Waals surface area contributed by atoms with E-state index in [1.165, 1.54) is 30.0 Å². The first-order valence-electron chi connectivity index (χ1n) is 6.84. The summed E-state index contributed by atoms with van der Waals surface area (Å²) in [7, 11) is 0. The van der Waals surface area contributed by atoms with E-state index < -0.39 is 0 Å². The number of benzene rings is 1. The Labute approximate surface area is 115 Å². The lowest BCUT2D eigenvalue weighted by Gasteiger charge is -2.35. The summed E-state index contributed by atoms with van der Waals surface area (Å²) >= 11 is 1.80. The maximum absolute atomic E-state index is 3.66. The molecular weight excluding hydrogens is 240 g/mol. The third kappa shape index (κ3) is 3.66. The van der Waals surface area contributed by atoms with Gasteiger partial charge in [-0.1, -0.05) is 13.8 Å². The van der Waals surface area contributed by atoms with Crippen LogP contribution in [0.15, 0.2) is 29.2 Å². The van der Waals surface area contributed by atoms with Crippen LogP contribution in [0.5, 0.6) is 0 Å². The van der Waals surface area contributed by atoms with Crippen LogP contribution in [0, 0.1) is 0 Å². The van der Waals surface area contributed by atoms with Gasteiger partial charge >= 0.3 is 0 Å². The van der Waals surface area contributed by atoms with Gasteiger partial charge in [-0.05, 0) is 43.4 Å². The van der Waals surface area contributed by atoms with Gasteiger partial charge in [0.15, 0.2) is 0 Å². The number of nitrogens with zero attached hydrogens (tertiary/aromatic N) is 1. The van der Waals surface area contributed by atoms with E-state index in [2.05, 4.69) is 54.6 Å². The Hall–Kier alpha value is -0.670. The number of thioether (sulfide) groups is 1. The maximum Gasteiger partial charge on any atom is 0.0367 e. The Balaban J connectivity index is 1.98. The second-order valence-electron chi connectivity index (χ2n) is 5.30. The second-order valence-corrected chi connectivity index (χ2v) is 6.18. The molecule has 1 aromatic rings. The first kappa shape index (κ1) is 13.8. The SMILES string of the molecule is CSc1ccc(N2CCCC(NC(C)C)C2)cc1. The fourth-order valence-electron chi connectivity index (χ4n) is 2.61. The van der Waals surface area contributed by atoms with Crippen molar-refractivity contribution in [1.82, 2.24) is 5.32 Å². The van der Waals surface area contributed by atoms with Gasteiger partial charge in [0.05, 0.1) is 0 Å². The zero-order chi connectivity index (χ0) is 13.0. The molecule has 1 fully saturated rings. The molecule has 0 saturated carbocycles. The predicted molar refractivity (Wildman–Crippen MR) is 81.7 cm³/mol. The minimum Gasteiger partial charge on any atom is -0.370 e. The number of nitrogens with one attached hydrogen (secondary N) is 1. The zero-order valence-corrected chi connectivity index (χ0v) is 12.5. The molecule has 0 amide bonds. The first-order chi connectivity index (χ1) is 8.69. The summed E-state index contributed by atoms with van der Waals surface area (Å²) in [6.45, 7) is 6.78. The van der Waals surface area contributed by atoms with Crippen molar-refractivity contribution < 1.29 is 0 Å². The number of anilines is 1. The number of rotatable bonds is 4. The zero-order valence-electron chi connectivity index (χ0n) is 11.6. The van der Waals surface area contributed by atoms with Crippen molar-refractivity contribution in [3.63, 3.8) is 0 Å². The third-order valence-corrected chi connectivity index (χ3v) is 4.17. The second kappa shape index (κ2) is 6.48. The average Bonchev–Trinajstić information content (AvgIpc) is 2.38. The standard InChI is InChI=1S/C15H24N2S/c1-12(2)16-13-5-4-10-17(11-13)14-6-8-15(18-3)9-7-14/h6-9,12-13,16H,4-5,10-11H2,1-3H3. The highest BCUT2D eigenvalue weighted by Gasteiger charge is 2.20. The van der Waals surface area contributed by atoms with E-state index in [0.717, 1.165) is 6.54 Å². The van der Waals surface area contributed by atoms with E-state index in [1.54, 1.807) is 11.8 Å². The Morgan fingerprint density at radius 3 is 2.61 bits per heavy atom. The molecule has 0 aromatic heterocycles. The minimum atomic E-state index is 0.578. The molecule has 3 heteroatoms. The van der Waals surface area contributed by atoms with Gasteiger partial charge in [-0.25, -0.2) is 0 Å². The van der Waals surface area contributed by atoms with E-state index in [-0.39, 0.29) is 0 Å². The normalized spacial score (nSPS) is 20.4. The number of hydrogen-bond acceptors (Lipinski definition) is 3. The lowest BCUT2D eigenvalue weighted by molar-refractivity contribution is 0.395. The highest BCUT2D eigenvalue weighted by atomic mass is 32.2. The van der Waals surface area contributed by atoms with Gasteiger partial charge in [0, 0.05) is 35.8 Å². The van der Waals surface area contributed by atoms with Gasteiger partial charge < -0.3 is 10.2 Å². The Morgan fingerprint density at radius 2 is 2.00 bits per heavy atom. The van der Waals surface area contributed by atoms with Crippen LogP contribution in [0.1, 0.15) is 26.7 Å². The fraction of sp³-hybridized carbons (Fsp3) is 0.600. The quantitative estimate of drug-likeness (QED) is 0.839. The molecule has 1 saturated heterocycles. The summed E-state index contributed by atoms with van der Waals surface area (Å²) in [6, 6.07) is 10.2. The van der Waals surface area contributed by atoms with E-state index >= 15 is 0 Å². The molecule has 18 heavy (non-hydrogen) atoms. The van der Waals surface area contributed by atoms with Crippen molar-refractivity contribution in [3.05, 3.63) is 24.3 Å². The van der Waals surface area contributed by atoms with Crippen LogP contribution < -0.4 is 10.2 Å². The Morgan fingerprint density at radius 1 is 1.28 bits per heavy atom. The Bertz CT molecular complexity index is 361. The summed E-state index contributed by atoms with van der Waals surface area (Å²) < 4.78 is 0. The maximum atomic E-state index is 3.66. The number of hydrogen-bond donors (Lipinski definition) is 1. The van der Waals surface area contributed by atoms with Crippen LogP contribution in [0.2, 0.25) is 0 Å². The molecule has 1 unspecified atom stereocenters. The van der Waals surface area contributed by atoms with Gasteiger partial charge in [-0.15, -0.1) is 11.8 Å². The minimum absolute atomic E-state index is 0.578. The largest absolute Gasteiger partial charge is 0.370 e. The molecule has 0 bridgehead atoms. The molecule has 2 rings (SSSR count). The molecule has 0 aliphatic carbocycles. The van der Waals surface area contributed by atoms with Crippen molar-refractivity contribution in [3.8, 4) is 0 Å². The molecule has 0 spiro atoms. The van der Waals surface area contributed by atoms with E-state index in [9.17, 15) is 0 Å². The molecular formula is C15H24N2S. The van der Waals surface area contributed by atoms with Gasteiger partial charge in [-0.3, -0.25) is 0 Å².